The van der Waals surface area contributed by atoms with E-state index in [0.717, 1.165) is 45.2 Å². The van der Waals surface area contributed by atoms with E-state index in [1.165, 1.54) is 4.90 Å². The van der Waals surface area contributed by atoms with Crippen LogP contribution in [0.25, 0.3) is 0 Å². The molecule has 170 valence electrons. The van der Waals surface area contributed by atoms with Gasteiger partial charge in [0.05, 0.1) is 12.2 Å². The number of nitrogens with zero attached hydrogens (tertiary/aromatic N) is 4. The second-order valence-electron chi connectivity index (χ2n) is 9.11. The van der Waals surface area contributed by atoms with Gasteiger partial charge in [-0.15, -0.1) is 0 Å². The van der Waals surface area contributed by atoms with Crippen molar-refractivity contribution in [3.63, 3.8) is 0 Å². The Hall–Kier alpha value is -2.82. The van der Waals surface area contributed by atoms with Gasteiger partial charge in [0.15, 0.2) is 5.69 Å². The molecule has 2 rings (SSSR count). The molecule has 8 nitrogen and oxygen atoms in total. The minimum absolute atomic E-state index is 0.0768. The van der Waals surface area contributed by atoms with Crippen LogP contribution in [-0.4, -0.2) is 66.2 Å². The summed E-state index contributed by atoms with van der Waals surface area (Å²) in [5.41, 5.74) is -0.107. The lowest BCUT2D eigenvalue weighted by molar-refractivity contribution is 0.0180. The van der Waals surface area contributed by atoms with Crippen molar-refractivity contribution in [2.45, 2.75) is 58.5 Å². The second kappa shape index (κ2) is 11.0. The molecule has 1 saturated heterocycles. The van der Waals surface area contributed by atoms with Crippen molar-refractivity contribution in [2.75, 3.05) is 33.8 Å². The number of hydrogen-bond donors (Lipinski definition) is 0. The van der Waals surface area contributed by atoms with Crippen LogP contribution in [-0.2, 0) is 4.74 Å². The number of amides is 2. The Balaban J connectivity index is 1.69. The molecular formula is C23H34N4O4. The third-order valence-electron chi connectivity index (χ3n) is 5.14. The quantitative estimate of drug-likeness (QED) is 0.610. The van der Waals surface area contributed by atoms with Gasteiger partial charge in [-0.25, -0.2) is 9.78 Å². The van der Waals surface area contributed by atoms with Gasteiger partial charge in [-0.1, -0.05) is 6.42 Å². The number of hydrogen-bond acceptors (Lipinski definition) is 6. The fraction of sp³-hybridized carbons (Fsp3) is 0.652. The molecule has 0 bridgehead atoms. The normalized spacial score (nSPS) is 14.6. The Morgan fingerprint density at radius 2 is 1.90 bits per heavy atom. The van der Waals surface area contributed by atoms with Crippen molar-refractivity contribution in [2.24, 2.45) is 5.92 Å². The Morgan fingerprint density at radius 1 is 1.23 bits per heavy atom. The lowest BCUT2D eigenvalue weighted by Gasteiger charge is -2.33. The average molecular weight is 431 g/mol. The van der Waals surface area contributed by atoms with Gasteiger partial charge in [0.1, 0.15) is 11.7 Å². The van der Waals surface area contributed by atoms with E-state index in [4.69, 9.17) is 9.47 Å². The number of carbonyl (C=O) groups excluding carboxylic acids is 2. The van der Waals surface area contributed by atoms with Gasteiger partial charge in [0, 0.05) is 33.3 Å². The van der Waals surface area contributed by atoms with Crippen molar-refractivity contribution in [3.8, 4) is 11.9 Å². The molecule has 31 heavy (non-hydrogen) atoms. The van der Waals surface area contributed by atoms with Crippen LogP contribution in [0, 0.1) is 17.2 Å². The zero-order valence-corrected chi connectivity index (χ0v) is 19.3. The van der Waals surface area contributed by atoms with E-state index in [9.17, 15) is 14.9 Å². The number of aromatic nitrogens is 1. The maximum atomic E-state index is 12.1. The molecule has 1 aromatic heterocycles. The smallest absolute Gasteiger partial charge is 0.410 e. The highest BCUT2D eigenvalue weighted by Crippen LogP contribution is 2.24. The molecule has 1 fully saturated rings. The predicted octanol–water partition coefficient (Wildman–Crippen LogP) is 3.85. The van der Waals surface area contributed by atoms with Crippen molar-refractivity contribution < 1.29 is 19.1 Å². The lowest BCUT2D eigenvalue weighted by Crippen LogP contribution is -2.41. The van der Waals surface area contributed by atoms with Crippen LogP contribution in [0.2, 0.25) is 0 Å². The van der Waals surface area contributed by atoms with Crippen molar-refractivity contribution in [1.82, 2.24) is 14.8 Å². The van der Waals surface area contributed by atoms with E-state index in [1.54, 1.807) is 31.1 Å². The molecule has 2 heterocycles. The molecule has 8 heteroatoms. The molecule has 0 atom stereocenters. The minimum Gasteiger partial charge on any atom is -0.478 e. The topological polar surface area (TPSA) is 95.8 Å². The molecule has 0 unspecified atom stereocenters. The van der Waals surface area contributed by atoms with E-state index in [0.29, 0.717) is 18.4 Å². The van der Waals surface area contributed by atoms with Gasteiger partial charge in [-0.2, -0.15) is 5.26 Å². The van der Waals surface area contributed by atoms with Crippen molar-refractivity contribution in [3.05, 3.63) is 23.4 Å². The monoisotopic (exact) mass is 430 g/mol. The summed E-state index contributed by atoms with van der Waals surface area (Å²) in [5, 5.41) is 9.26. The third-order valence-corrected chi connectivity index (χ3v) is 5.14. The summed E-state index contributed by atoms with van der Waals surface area (Å²) >= 11 is 0. The molecule has 0 aliphatic carbocycles. The second-order valence-corrected chi connectivity index (χ2v) is 9.11. The van der Waals surface area contributed by atoms with Crippen LogP contribution >= 0.6 is 0 Å². The summed E-state index contributed by atoms with van der Waals surface area (Å²) in [6, 6.07) is 5.18. The summed E-state index contributed by atoms with van der Waals surface area (Å²) in [7, 11) is 3.27. The molecular weight excluding hydrogens is 396 g/mol. The largest absolute Gasteiger partial charge is 0.478 e. The summed E-state index contributed by atoms with van der Waals surface area (Å²) < 4.78 is 11.1. The highest BCUT2D eigenvalue weighted by atomic mass is 16.6. The van der Waals surface area contributed by atoms with E-state index in [1.807, 2.05) is 26.8 Å². The predicted molar refractivity (Wildman–Crippen MR) is 117 cm³/mol. The summed E-state index contributed by atoms with van der Waals surface area (Å²) in [4.78, 5) is 31.6. The molecule has 0 N–H and O–H groups in total. The zero-order valence-electron chi connectivity index (χ0n) is 19.3. The van der Waals surface area contributed by atoms with Crippen LogP contribution < -0.4 is 4.74 Å². The van der Waals surface area contributed by atoms with Gasteiger partial charge in [-0.05, 0) is 58.4 Å². The zero-order chi connectivity index (χ0) is 23.0. The van der Waals surface area contributed by atoms with E-state index < -0.39 is 5.60 Å². The van der Waals surface area contributed by atoms with Crippen LogP contribution in [0.3, 0.4) is 0 Å². The minimum atomic E-state index is -0.459. The Morgan fingerprint density at radius 3 is 2.48 bits per heavy atom. The van der Waals surface area contributed by atoms with Gasteiger partial charge in [-0.3, -0.25) is 4.79 Å². The van der Waals surface area contributed by atoms with Gasteiger partial charge in [0.25, 0.3) is 5.91 Å². The molecule has 1 aromatic rings. The van der Waals surface area contributed by atoms with Crippen LogP contribution in [0.5, 0.6) is 5.88 Å². The molecule has 0 saturated carbocycles. The Kier molecular flexibility index (Phi) is 8.66. The first-order valence-electron chi connectivity index (χ1n) is 10.8. The van der Waals surface area contributed by atoms with Crippen LogP contribution in [0.15, 0.2) is 12.1 Å². The number of ether oxygens (including phenoxy) is 2. The number of rotatable bonds is 7. The standard InChI is InChI=1S/C23H34N4O4/c1-23(2,3)31-22(29)27-13-11-17(12-14-27)8-6-7-15-30-20-10-9-18(19(16-24)25-20)21(28)26(4)5/h9-10,17H,6-8,11-15H2,1-5H3. The molecule has 0 spiro atoms. The number of likely N-dealkylation sites (tertiary alicyclic amines) is 1. The van der Waals surface area contributed by atoms with Crippen LogP contribution in [0.1, 0.15) is 68.9 Å². The van der Waals surface area contributed by atoms with Crippen molar-refractivity contribution in [1.29, 1.82) is 5.26 Å². The highest BCUT2D eigenvalue weighted by Gasteiger charge is 2.26. The highest BCUT2D eigenvalue weighted by molar-refractivity contribution is 5.95. The molecule has 0 aromatic carbocycles. The third kappa shape index (κ3) is 7.74. The summed E-state index contributed by atoms with van der Waals surface area (Å²) in [6.07, 6.45) is 4.77. The Bertz CT molecular complexity index is 803. The number of carbonyl (C=O) groups is 2. The van der Waals surface area contributed by atoms with Crippen molar-refractivity contribution >= 4 is 12.0 Å². The van der Waals surface area contributed by atoms with E-state index in [2.05, 4.69) is 4.98 Å². The number of pyridine rings is 1. The molecule has 1 aliphatic rings. The molecule has 2 amide bonds. The average Bonchev–Trinajstić information content (AvgIpc) is 2.72. The van der Waals surface area contributed by atoms with E-state index in [-0.39, 0.29) is 23.3 Å². The Labute approximate surface area is 185 Å². The fourth-order valence-electron chi connectivity index (χ4n) is 3.46. The number of piperidine rings is 1. The number of unbranched alkanes of at least 4 members (excludes halogenated alkanes) is 1. The van der Waals surface area contributed by atoms with Gasteiger partial charge in [0.2, 0.25) is 5.88 Å². The lowest BCUT2D eigenvalue weighted by atomic mass is 9.92. The molecule has 0 radical (unpaired) electrons. The first-order chi connectivity index (χ1) is 14.6. The number of nitriles is 1. The van der Waals surface area contributed by atoms with E-state index >= 15 is 0 Å². The summed E-state index contributed by atoms with van der Waals surface area (Å²) in [6.45, 7) is 7.65. The first kappa shape index (κ1) is 24.4. The SMILES string of the molecule is CN(C)C(=O)c1ccc(OCCCCC2CCN(C(=O)OC(C)(C)C)CC2)nc1C#N. The summed E-state index contributed by atoms with van der Waals surface area (Å²) in [5.74, 6) is 0.712. The van der Waals surface area contributed by atoms with Crippen LogP contribution in [0.4, 0.5) is 4.79 Å². The van der Waals surface area contributed by atoms with Gasteiger partial charge < -0.3 is 19.3 Å². The maximum absolute atomic E-state index is 12.1. The molecule has 1 aliphatic heterocycles. The fourth-order valence-corrected chi connectivity index (χ4v) is 3.46. The first-order valence-corrected chi connectivity index (χ1v) is 10.8. The van der Waals surface area contributed by atoms with Gasteiger partial charge >= 0.3 is 6.09 Å². The maximum Gasteiger partial charge on any atom is 0.410 e.